The summed E-state index contributed by atoms with van der Waals surface area (Å²) < 4.78 is 18.9. The molecule has 4 aliphatic carbocycles. The van der Waals surface area contributed by atoms with Crippen LogP contribution in [-0.2, 0) is 18.2 Å². The molecule has 234 valence electrons. The first-order chi connectivity index (χ1) is 18.7. The van der Waals surface area contributed by atoms with Crippen LogP contribution in [0.15, 0.2) is 16.8 Å². The van der Waals surface area contributed by atoms with E-state index in [0.29, 0.717) is 47.5 Å². The molecule has 0 aromatic carbocycles. The second-order valence-corrected chi connectivity index (χ2v) is 30.8. The van der Waals surface area contributed by atoms with Crippen molar-refractivity contribution >= 4 is 36.6 Å². The second-order valence-electron chi connectivity index (χ2n) is 17.5. The fraction of sp³-hybridized carbons (Fsp3) is 0.879. The Morgan fingerprint density at radius 1 is 0.951 bits per heavy atom. The van der Waals surface area contributed by atoms with E-state index in [0.717, 1.165) is 25.0 Å². The fourth-order valence-electron chi connectivity index (χ4n) is 9.27. The Morgan fingerprint density at radius 3 is 2.24 bits per heavy atom. The van der Waals surface area contributed by atoms with Gasteiger partial charge in [-0.1, -0.05) is 26.3 Å². The third-order valence-electron chi connectivity index (χ3n) is 10.9. The Morgan fingerprint density at radius 2 is 1.63 bits per heavy atom. The zero-order valence-corrected chi connectivity index (χ0v) is 31.5. The van der Waals surface area contributed by atoms with E-state index >= 15 is 0 Å². The zero-order valence-electron chi connectivity index (χ0n) is 28.5. The summed E-state index contributed by atoms with van der Waals surface area (Å²) in [6.07, 6.45) is 12.6. The van der Waals surface area contributed by atoms with E-state index in [1.807, 2.05) is 0 Å². The number of hydrogen-bond donors (Lipinski definition) is 0. The van der Waals surface area contributed by atoms with Crippen LogP contribution < -0.4 is 0 Å². The van der Waals surface area contributed by atoms with E-state index in [2.05, 4.69) is 90.9 Å². The molecule has 0 radical (unpaired) electrons. The monoisotopic (exact) mass is 619 g/mol. The summed E-state index contributed by atoms with van der Waals surface area (Å²) in [7, 11) is -5.26. The molecule has 0 spiro atoms. The Bertz CT molecular complexity index is 1040. The average Bonchev–Trinajstić information content (AvgIpc) is 3.16. The number of allylic oxidation sites excluding steroid dienone is 1. The lowest BCUT2D eigenvalue weighted by molar-refractivity contribution is -0.135. The molecule has 0 heterocycles. The predicted octanol–water partition coefficient (Wildman–Crippen LogP) is 9.40. The lowest BCUT2D eigenvalue weighted by atomic mass is 9.45. The molecule has 0 aliphatic heterocycles. The van der Waals surface area contributed by atoms with E-state index in [9.17, 15) is 4.79 Å². The van der Waals surface area contributed by atoms with Gasteiger partial charge in [-0.3, -0.25) is 4.79 Å². The van der Waals surface area contributed by atoms with Crippen LogP contribution in [0.1, 0.15) is 78.6 Å². The number of oxime groups is 1. The summed E-state index contributed by atoms with van der Waals surface area (Å²) in [5, 5.41) is 4.66. The highest BCUT2D eigenvalue weighted by molar-refractivity contribution is 6.71. The van der Waals surface area contributed by atoms with Gasteiger partial charge in [0.2, 0.25) is 8.32 Å². The summed E-state index contributed by atoms with van der Waals surface area (Å²) in [5.41, 5.74) is 3.26. The zero-order chi connectivity index (χ0) is 30.6. The molecule has 0 N–H and O–H groups in total. The van der Waals surface area contributed by atoms with Crippen molar-refractivity contribution in [3.8, 4) is 0 Å². The maximum Gasteiger partial charge on any atom is 0.292 e. The van der Waals surface area contributed by atoms with Crippen LogP contribution >= 0.6 is 0 Å². The van der Waals surface area contributed by atoms with Gasteiger partial charge >= 0.3 is 0 Å². The van der Waals surface area contributed by atoms with Gasteiger partial charge in [-0.2, -0.15) is 0 Å². The lowest BCUT2D eigenvalue weighted by Gasteiger charge is -2.61. The van der Waals surface area contributed by atoms with E-state index in [1.165, 1.54) is 32.1 Å². The highest BCUT2D eigenvalue weighted by atomic mass is 28.4. The van der Waals surface area contributed by atoms with Crippen molar-refractivity contribution in [1.29, 1.82) is 0 Å². The molecule has 0 saturated heterocycles. The molecule has 4 unspecified atom stereocenters. The van der Waals surface area contributed by atoms with Crippen molar-refractivity contribution in [2.24, 2.45) is 45.6 Å². The van der Waals surface area contributed by atoms with Crippen LogP contribution in [0, 0.1) is 40.4 Å². The molecule has 4 rings (SSSR count). The molecule has 3 fully saturated rings. The van der Waals surface area contributed by atoms with Crippen molar-refractivity contribution in [3.05, 3.63) is 11.6 Å². The van der Waals surface area contributed by atoms with E-state index in [1.54, 1.807) is 5.57 Å². The number of nitrogens with zero attached hydrogens (tertiary/aromatic N) is 1. The summed E-state index contributed by atoms with van der Waals surface area (Å²) >= 11 is 0. The Kier molecular flexibility index (Phi) is 9.44. The van der Waals surface area contributed by atoms with E-state index in [4.69, 9.17) is 13.4 Å². The molecule has 3 saturated carbocycles. The minimum Gasteiger partial charge on any atom is -0.520 e. The van der Waals surface area contributed by atoms with Crippen LogP contribution in [0.5, 0.6) is 0 Å². The number of carbonyl (C=O) groups excluding carboxylic acids is 1. The highest BCUT2D eigenvalue weighted by Gasteiger charge is 2.62. The normalized spacial score (nSPS) is 37.5. The molecule has 8 atom stereocenters. The Labute approximate surface area is 255 Å². The van der Waals surface area contributed by atoms with Gasteiger partial charge in [0.1, 0.15) is 0 Å². The van der Waals surface area contributed by atoms with Gasteiger partial charge in [0.25, 0.3) is 14.3 Å². The molecular weight excluding hydrogens is 559 g/mol. The van der Waals surface area contributed by atoms with Crippen LogP contribution in [0.4, 0.5) is 0 Å². The summed E-state index contributed by atoms with van der Waals surface area (Å²) in [5.74, 6) is 3.22. The van der Waals surface area contributed by atoms with Crippen molar-refractivity contribution in [2.45, 2.75) is 144 Å². The van der Waals surface area contributed by atoms with Gasteiger partial charge in [-0.05, 0) is 157 Å². The molecule has 5 nitrogen and oxygen atoms in total. The maximum atomic E-state index is 12.6. The molecule has 4 aliphatic rings. The smallest absolute Gasteiger partial charge is 0.292 e. The predicted molar refractivity (Wildman–Crippen MR) is 178 cm³/mol. The van der Waals surface area contributed by atoms with Gasteiger partial charge in [0.15, 0.2) is 8.32 Å². The number of carbonyl (C=O) groups is 1. The standard InChI is InChI=1S/C33H61NO4Si3/c1-23(13-16-30(35)37-40(7,8)9)26-14-15-27-31-28(18-20-33(26,27)3)32(2)19-17-25(34-38-41(10,11)12)21-24(32)22-29(31)36-39(4,5)6/h21,23,26-29,31H,13-20,22H2,1-12H3/b34-25+/t23?,26-,27?,28?,29-,31?,32+,33-/m1/s1. The molecule has 0 aromatic rings. The van der Waals surface area contributed by atoms with Crippen molar-refractivity contribution in [3.63, 3.8) is 0 Å². The van der Waals surface area contributed by atoms with E-state index < -0.39 is 25.0 Å². The van der Waals surface area contributed by atoms with Crippen LogP contribution in [0.2, 0.25) is 58.9 Å². The van der Waals surface area contributed by atoms with Crippen LogP contribution in [0.25, 0.3) is 0 Å². The van der Waals surface area contributed by atoms with Crippen LogP contribution in [-0.4, -0.2) is 42.7 Å². The molecule has 0 bridgehead atoms. The topological polar surface area (TPSA) is 57.1 Å². The van der Waals surface area contributed by atoms with Crippen molar-refractivity contribution in [1.82, 2.24) is 0 Å². The van der Waals surface area contributed by atoms with Gasteiger partial charge in [-0.25, -0.2) is 0 Å². The SMILES string of the molecule is CC(CCC(=O)O[Si](C)(C)C)[C@H]1CCC2C3C(CC[C@@]21C)[C@@]1(C)CC/C(=N\O[Si](C)(C)C)C=C1C[C@H]3O[Si](C)(C)C. The molecule has 8 heteroatoms. The Balaban J connectivity index is 1.58. The Hall–Kier alpha value is -0.709. The summed E-state index contributed by atoms with van der Waals surface area (Å²) in [6.45, 7) is 27.6. The fourth-order valence-corrected chi connectivity index (χ4v) is 11.6. The summed E-state index contributed by atoms with van der Waals surface area (Å²) in [6, 6.07) is 0. The highest BCUT2D eigenvalue weighted by Crippen LogP contribution is 2.68. The number of hydrogen-bond acceptors (Lipinski definition) is 5. The third kappa shape index (κ3) is 7.51. The number of fused-ring (bicyclic) bond motifs is 5. The van der Waals surface area contributed by atoms with Crippen molar-refractivity contribution < 1.29 is 18.2 Å². The molecule has 0 aromatic heterocycles. The maximum absolute atomic E-state index is 12.6. The second kappa shape index (κ2) is 11.7. The molecule has 0 amide bonds. The van der Waals surface area contributed by atoms with Gasteiger partial charge < -0.3 is 13.4 Å². The van der Waals surface area contributed by atoms with E-state index in [-0.39, 0.29) is 11.4 Å². The third-order valence-corrected chi connectivity index (χ3v) is 13.4. The lowest BCUT2D eigenvalue weighted by Crippen LogP contribution is -2.57. The van der Waals surface area contributed by atoms with Gasteiger partial charge in [0, 0.05) is 6.42 Å². The molecular formula is C33H61NO4Si3. The first kappa shape index (κ1) is 33.2. The first-order valence-corrected chi connectivity index (χ1v) is 26.8. The molecule has 41 heavy (non-hydrogen) atoms. The minimum atomic E-state index is -1.83. The van der Waals surface area contributed by atoms with Crippen molar-refractivity contribution in [2.75, 3.05) is 0 Å². The largest absolute Gasteiger partial charge is 0.520 e. The first-order valence-electron chi connectivity index (χ1n) is 16.6. The van der Waals surface area contributed by atoms with Crippen LogP contribution in [0.3, 0.4) is 0 Å². The summed E-state index contributed by atoms with van der Waals surface area (Å²) in [4.78, 5) is 12.6. The van der Waals surface area contributed by atoms with Gasteiger partial charge in [0.05, 0.1) is 11.8 Å². The average molecular weight is 620 g/mol. The minimum absolute atomic E-state index is 0.0120. The number of rotatable bonds is 9. The quantitative estimate of drug-likeness (QED) is 0.191. The van der Waals surface area contributed by atoms with Gasteiger partial charge in [-0.15, -0.1) is 5.16 Å².